The molecule has 106 valence electrons. The minimum atomic E-state index is -0.543. The van der Waals surface area contributed by atoms with Gasteiger partial charge in [0.25, 0.3) is 0 Å². The van der Waals surface area contributed by atoms with Crippen molar-refractivity contribution in [1.82, 2.24) is 0 Å². The highest BCUT2D eigenvalue weighted by Gasteiger charge is 2.17. The lowest BCUT2D eigenvalue weighted by atomic mass is 10.1. The number of hydrogen-bond acceptors (Lipinski definition) is 3. The minimum Gasteiger partial charge on any atom is -0.444 e. The molecule has 5 heteroatoms. The molecule has 0 bridgehead atoms. The molecule has 0 radical (unpaired) electrons. The van der Waals surface area contributed by atoms with Crippen molar-refractivity contribution in [1.29, 1.82) is 0 Å². The molecule has 0 aromatic heterocycles. The SMILES string of the molecule is CC(C)(C)OC(=O)Nc1ccc(OCl)c2ccccc12. The standard InChI is InChI=1S/C15H16ClNO3/c1-15(2,3)19-14(18)17-12-8-9-13(20-16)11-7-5-4-6-10(11)12/h4-9H,1-3H3,(H,17,18). The number of benzene rings is 2. The second-order valence-electron chi connectivity index (χ2n) is 5.36. The van der Waals surface area contributed by atoms with Crippen LogP contribution in [0.1, 0.15) is 20.8 Å². The maximum atomic E-state index is 11.8. The van der Waals surface area contributed by atoms with Crippen LogP contribution in [0.5, 0.6) is 5.75 Å². The quantitative estimate of drug-likeness (QED) is 0.871. The summed E-state index contributed by atoms with van der Waals surface area (Å²) in [6.07, 6.45) is -0.498. The fourth-order valence-corrected chi connectivity index (χ4v) is 2.00. The Balaban J connectivity index is 2.34. The molecular weight excluding hydrogens is 278 g/mol. The Kier molecular flexibility index (Phi) is 4.04. The van der Waals surface area contributed by atoms with E-state index in [0.717, 1.165) is 10.8 Å². The molecule has 0 saturated heterocycles. The average Bonchev–Trinajstić information content (AvgIpc) is 2.37. The van der Waals surface area contributed by atoms with E-state index in [1.807, 2.05) is 45.0 Å². The van der Waals surface area contributed by atoms with Crippen LogP contribution in [0.3, 0.4) is 0 Å². The molecule has 1 N–H and O–H groups in total. The molecule has 0 saturated carbocycles. The van der Waals surface area contributed by atoms with Gasteiger partial charge < -0.3 is 9.03 Å². The molecule has 0 fully saturated rings. The van der Waals surface area contributed by atoms with Gasteiger partial charge in [-0.25, -0.2) is 4.79 Å². The number of halogens is 1. The molecule has 2 aromatic carbocycles. The van der Waals surface area contributed by atoms with Gasteiger partial charge in [0, 0.05) is 10.8 Å². The molecule has 0 atom stereocenters. The number of carbonyl (C=O) groups is 1. The third-order valence-corrected chi connectivity index (χ3v) is 2.77. The van der Waals surface area contributed by atoms with Crippen molar-refractivity contribution in [3.8, 4) is 5.75 Å². The average molecular weight is 294 g/mol. The summed E-state index contributed by atoms with van der Waals surface area (Å²) in [6.45, 7) is 5.44. The van der Waals surface area contributed by atoms with Crippen molar-refractivity contribution in [2.24, 2.45) is 0 Å². The van der Waals surface area contributed by atoms with Gasteiger partial charge in [-0.3, -0.25) is 5.32 Å². The number of nitrogens with one attached hydrogen (secondary N) is 1. The Morgan fingerprint density at radius 1 is 1.10 bits per heavy atom. The summed E-state index contributed by atoms with van der Waals surface area (Å²) < 4.78 is 10.0. The first-order valence-electron chi connectivity index (χ1n) is 6.21. The largest absolute Gasteiger partial charge is 0.444 e. The van der Waals surface area contributed by atoms with E-state index in [-0.39, 0.29) is 0 Å². The molecule has 0 aliphatic heterocycles. The fraction of sp³-hybridized carbons (Fsp3) is 0.267. The molecule has 2 aromatic rings. The smallest absolute Gasteiger partial charge is 0.412 e. The second-order valence-corrected chi connectivity index (χ2v) is 5.52. The topological polar surface area (TPSA) is 47.6 Å². The Labute approximate surface area is 122 Å². The van der Waals surface area contributed by atoms with E-state index in [4.69, 9.17) is 20.9 Å². The van der Waals surface area contributed by atoms with E-state index < -0.39 is 11.7 Å². The van der Waals surface area contributed by atoms with Gasteiger partial charge in [-0.2, -0.15) is 0 Å². The molecule has 0 aliphatic carbocycles. The van der Waals surface area contributed by atoms with E-state index in [0.29, 0.717) is 11.4 Å². The van der Waals surface area contributed by atoms with E-state index in [1.165, 1.54) is 0 Å². The van der Waals surface area contributed by atoms with Gasteiger partial charge in [0.05, 0.1) is 5.69 Å². The van der Waals surface area contributed by atoms with E-state index in [1.54, 1.807) is 12.1 Å². The maximum absolute atomic E-state index is 11.8. The van der Waals surface area contributed by atoms with E-state index in [2.05, 4.69) is 5.32 Å². The zero-order chi connectivity index (χ0) is 14.8. The van der Waals surface area contributed by atoms with Crippen LogP contribution >= 0.6 is 11.9 Å². The van der Waals surface area contributed by atoms with Crippen LogP contribution in [0.25, 0.3) is 10.8 Å². The van der Waals surface area contributed by atoms with Gasteiger partial charge >= 0.3 is 6.09 Å². The summed E-state index contributed by atoms with van der Waals surface area (Å²) in [4.78, 5) is 11.8. The van der Waals surface area contributed by atoms with Gasteiger partial charge in [0.2, 0.25) is 0 Å². The van der Waals surface area contributed by atoms with Crippen molar-refractivity contribution < 1.29 is 13.8 Å². The van der Waals surface area contributed by atoms with Gasteiger partial charge in [-0.05, 0) is 32.9 Å². The number of ether oxygens (including phenoxy) is 1. The van der Waals surface area contributed by atoms with Crippen LogP contribution in [-0.2, 0) is 4.74 Å². The summed E-state index contributed by atoms with van der Waals surface area (Å²) in [5.74, 6) is 0.539. The predicted molar refractivity (Wildman–Crippen MR) is 80.3 cm³/mol. The molecule has 0 unspecified atom stereocenters. The molecule has 2 rings (SSSR count). The maximum Gasteiger partial charge on any atom is 0.412 e. The van der Waals surface area contributed by atoms with Crippen molar-refractivity contribution in [3.05, 3.63) is 36.4 Å². The highest BCUT2D eigenvalue weighted by molar-refractivity contribution is 6.11. The number of rotatable bonds is 2. The summed E-state index contributed by atoms with van der Waals surface area (Å²) in [7, 11) is 0. The number of carbonyl (C=O) groups excluding carboxylic acids is 1. The first kappa shape index (κ1) is 14.5. The molecule has 1 amide bonds. The number of hydrogen-bond donors (Lipinski definition) is 1. The Hall–Kier alpha value is -1.94. The number of amides is 1. The molecule has 0 heterocycles. The first-order valence-corrected chi connectivity index (χ1v) is 6.52. The zero-order valence-corrected chi connectivity index (χ0v) is 12.3. The monoisotopic (exact) mass is 293 g/mol. The third kappa shape index (κ3) is 3.33. The summed E-state index contributed by atoms with van der Waals surface area (Å²) in [5, 5.41) is 4.38. The predicted octanol–water partition coefficient (Wildman–Crippen LogP) is 4.72. The van der Waals surface area contributed by atoms with Crippen molar-refractivity contribution >= 4 is 34.4 Å². The summed E-state index contributed by atoms with van der Waals surface area (Å²) in [6, 6.07) is 10.9. The molecular formula is C15H16ClNO3. The Morgan fingerprint density at radius 2 is 1.75 bits per heavy atom. The summed E-state index contributed by atoms with van der Waals surface area (Å²) in [5.41, 5.74) is 0.103. The molecule has 20 heavy (non-hydrogen) atoms. The summed E-state index contributed by atoms with van der Waals surface area (Å²) >= 11 is 5.44. The van der Waals surface area contributed by atoms with E-state index >= 15 is 0 Å². The second kappa shape index (κ2) is 5.59. The molecule has 0 spiro atoms. The normalized spacial score (nSPS) is 11.2. The highest BCUT2D eigenvalue weighted by Crippen LogP contribution is 2.32. The highest BCUT2D eigenvalue weighted by atomic mass is 35.5. The third-order valence-electron chi connectivity index (χ3n) is 2.60. The zero-order valence-electron chi connectivity index (χ0n) is 11.6. The first-order chi connectivity index (χ1) is 9.40. The van der Waals surface area contributed by atoms with Crippen LogP contribution in [-0.4, -0.2) is 11.7 Å². The minimum absolute atomic E-state index is 0.498. The van der Waals surface area contributed by atoms with Crippen LogP contribution in [0.4, 0.5) is 10.5 Å². The van der Waals surface area contributed by atoms with Crippen LogP contribution < -0.4 is 9.61 Å². The van der Waals surface area contributed by atoms with E-state index in [9.17, 15) is 4.79 Å². The number of fused-ring (bicyclic) bond motifs is 1. The lowest BCUT2D eigenvalue weighted by Gasteiger charge is -2.20. The van der Waals surface area contributed by atoms with Crippen LogP contribution in [0, 0.1) is 0 Å². The van der Waals surface area contributed by atoms with Crippen LogP contribution in [0.2, 0.25) is 0 Å². The molecule has 4 nitrogen and oxygen atoms in total. The fourth-order valence-electron chi connectivity index (χ4n) is 1.86. The molecule has 0 aliphatic rings. The Bertz CT molecular complexity index is 635. The lowest BCUT2D eigenvalue weighted by Crippen LogP contribution is -2.27. The van der Waals surface area contributed by atoms with Gasteiger partial charge in [0.15, 0.2) is 5.75 Å². The Morgan fingerprint density at radius 3 is 2.35 bits per heavy atom. The van der Waals surface area contributed by atoms with Gasteiger partial charge in [0.1, 0.15) is 17.5 Å². The van der Waals surface area contributed by atoms with Gasteiger partial charge in [-0.15, -0.1) is 0 Å². The van der Waals surface area contributed by atoms with Crippen LogP contribution in [0.15, 0.2) is 36.4 Å². The lowest BCUT2D eigenvalue weighted by molar-refractivity contribution is 0.0636. The van der Waals surface area contributed by atoms with Crippen molar-refractivity contribution in [3.63, 3.8) is 0 Å². The van der Waals surface area contributed by atoms with Gasteiger partial charge in [-0.1, -0.05) is 24.3 Å². The van der Waals surface area contributed by atoms with Crippen molar-refractivity contribution in [2.45, 2.75) is 26.4 Å². The number of anilines is 1. The van der Waals surface area contributed by atoms with Crippen molar-refractivity contribution in [2.75, 3.05) is 5.32 Å².